The Labute approximate surface area is 79.4 Å². The Morgan fingerprint density at radius 2 is 1.92 bits per heavy atom. The Bertz CT molecular complexity index is 274. The normalized spacial score (nSPS) is 28.2. The van der Waals surface area contributed by atoms with E-state index in [0.29, 0.717) is 5.25 Å². The first-order valence-corrected chi connectivity index (χ1v) is 5.02. The minimum Gasteiger partial charge on any atom is -0.176 e. The molecule has 12 heavy (non-hydrogen) atoms. The zero-order chi connectivity index (χ0) is 8.55. The Morgan fingerprint density at radius 1 is 1.25 bits per heavy atom. The molecule has 2 rings (SSSR count). The molecule has 1 fully saturated rings. The van der Waals surface area contributed by atoms with Gasteiger partial charge >= 0.3 is 0 Å². The largest absolute Gasteiger partial charge is 0.176 e. The van der Waals surface area contributed by atoms with E-state index in [1.54, 1.807) is 0 Å². The van der Waals surface area contributed by atoms with Crippen LogP contribution in [0.25, 0.3) is 0 Å². The lowest BCUT2D eigenvalue weighted by molar-refractivity contribution is 0.436. The van der Waals surface area contributed by atoms with Gasteiger partial charge in [-0.1, -0.05) is 24.3 Å². The van der Waals surface area contributed by atoms with Gasteiger partial charge in [0, 0.05) is 5.25 Å². The van der Waals surface area contributed by atoms with Gasteiger partial charge in [-0.2, -0.15) is 12.6 Å². The Hall–Kier alpha value is -0.430. The molecule has 0 unspecified atom stereocenters. The molecule has 1 saturated carbocycles. The van der Waals surface area contributed by atoms with Crippen LogP contribution in [0.2, 0.25) is 0 Å². The highest BCUT2D eigenvalue weighted by atomic mass is 32.1. The smallest absolute Gasteiger partial charge is 0.00284 e. The van der Waals surface area contributed by atoms with Crippen molar-refractivity contribution in [1.82, 2.24) is 0 Å². The molecule has 0 aromatic heterocycles. The number of aryl methyl sites for hydroxylation is 1. The van der Waals surface area contributed by atoms with E-state index in [-0.39, 0.29) is 0 Å². The highest BCUT2D eigenvalue weighted by molar-refractivity contribution is 7.81. The molecule has 0 spiro atoms. The van der Waals surface area contributed by atoms with E-state index in [1.807, 2.05) is 0 Å². The molecule has 1 aromatic carbocycles. The van der Waals surface area contributed by atoms with Gasteiger partial charge in [-0.3, -0.25) is 0 Å². The van der Waals surface area contributed by atoms with E-state index in [0.717, 1.165) is 5.92 Å². The summed E-state index contributed by atoms with van der Waals surface area (Å²) in [6.45, 7) is 2.20. The summed E-state index contributed by atoms with van der Waals surface area (Å²) in [4.78, 5) is 0. The molecule has 0 saturated heterocycles. The van der Waals surface area contributed by atoms with Crippen LogP contribution in [-0.4, -0.2) is 5.25 Å². The second kappa shape index (κ2) is 3.14. The molecule has 0 amide bonds. The molecule has 0 radical (unpaired) electrons. The molecule has 0 heterocycles. The van der Waals surface area contributed by atoms with E-state index >= 15 is 0 Å². The number of hydrogen-bond donors (Lipinski definition) is 1. The molecule has 0 N–H and O–H groups in total. The molecular formula is C11H14S. The predicted octanol–water partition coefficient (Wildman–Crippen LogP) is 3.17. The molecular weight excluding hydrogens is 164 g/mol. The zero-order valence-electron chi connectivity index (χ0n) is 7.33. The van der Waals surface area contributed by atoms with Gasteiger partial charge < -0.3 is 0 Å². The van der Waals surface area contributed by atoms with Crippen LogP contribution in [0.1, 0.15) is 29.9 Å². The maximum Gasteiger partial charge on any atom is 0.00284 e. The van der Waals surface area contributed by atoms with Gasteiger partial charge in [0.05, 0.1) is 0 Å². The van der Waals surface area contributed by atoms with Crippen molar-refractivity contribution in [2.75, 3.05) is 0 Å². The van der Waals surface area contributed by atoms with Crippen LogP contribution in [0.3, 0.4) is 0 Å². The van der Waals surface area contributed by atoms with Crippen LogP contribution >= 0.6 is 12.6 Å². The third-order valence-corrected chi connectivity index (χ3v) is 3.16. The van der Waals surface area contributed by atoms with Crippen molar-refractivity contribution >= 4 is 12.6 Å². The predicted molar refractivity (Wildman–Crippen MR) is 55.9 cm³/mol. The molecule has 1 aromatic rings. The van der Waals surface area contributed by atoms with Crippen LogP contribution in [0.5, 0.6) is 0 Å². The number of rotatable bonds is 1. The molecule has 1 heteroatoms. The van der Waals surface area contributed by atoms with Gasteiger partial charge in [-0.15, -0.1) is 0 Å². The average molecular weight is 178 g/mol. The third-order valence-electron chi connectivity index (χ3n) is 2.74. The number of benzene rings is 1. The van der Waals surface area contributed by atoms with Crippen molar-refractivity contribution in [3.8, 4) is 0 Å². The summed E-state index contributed by atoms with van der Waals surface area (Å²) < 4.78 is 0. The lowest BCUT2D eigenvalue weighted by Crippen LogP contribution is -2.22. The van der Waals surface area contributed by atoms with E-state index in [9.17, 15) is 0 Å². The summed E-state index contributed by atoms with van der Waals surface area (Å²) >= 11 is 4.43. The fraction of sp³-hybridized carbons (Fsp3) is 0.455. The van der Waals surface area contributed by atoms with Crippen LogP contribution < -0.4 is 0 Å². The quantitative estimate of drug-likeness (QED) is 0.627. The summed E-state index contributed by atoms with van der Waals surface area (Å²) in [5, 5.41) is 0.648. The van der Waals surface area contributed by atoms with Crippen LogP contribution in [-0.2, 0) is 0 Å². The van der Waals surface area contributed by atoms with E-state index in [4.69, 9.17) is 0 Å². The molecule has 0 nitrogen and oxygen atoms in total. The van der Waals surface area contributed by atoms with Gasteiger partial charge in [-0.25, -0.2) is 0 Å². The monoisotopic (exact) mass is 178 g/mol. The highest BCUT2D eigenvalue weighted by Gasteiger charge is 2.27. The van der Waals surface area contributed by atoms with Crippen molar-refractivity contribution in [2.45, 2.75) is 30.9 Å². The third kappa shape index (κ3) is 1.38. The topological polar surface area (TPSA) is 0 Å². The van der Waals surface area contributed by atoms with Crippen molar-refractivity contribution in [3.63, 3.8) is 0 Å². The second-order valence-electron chi connectivity index (χ2n) is 3.68. The molecule has 0 atom stereocenters. The number of hydrogen-bond acceptors (Lipinski definition) is 1. The maximum atomic E-state index is 4.43. The van der Waals surface area contributed by atoms with Gasteiger partial charge in [0.15, 0.2) is 0 Å². The minimum absolute atomic E-state index is 0.648. The lowest BCUT2D eigenvalue weighted by atomic mass is 9.78. The summed E-state index contributed by atoms with van der Waals surface area (Å²) in [6.07, 6.45) is 2.52. The van der Waals surface area contributed by atoms with Crippen molar-refractivity contribution < 1.29 is 0 Å². The van der Waals surface area contributed by atoms with Crippen molar-refractivity contribution in [2.24, 2.45) is 0 Å². The first-order valence-electron chi connectivity index (χ1n) is 4.51. The fourth-order valence-electron chi connectivity index (χ4n) is 1.89. The minimum atomic E-state index is 0.648. The SMILES string of the molecule is Cc1ccccc1C1CC(S)C1. The van der Waals surface area contributed by atoms with Gasteiger partial charge in [0.1, 0.15) is 0 Å². The summed E-state index contributed by atoms with van der Waals surface area (Å²) in [5.41, 5.74) is 2.96. The molecule has 0 aliphatic heterocycles. The standard InChI is InChI=1S/C11H14S/c1-8-4-2-3-5-11(8)9-6-10(12)7-9/h2-5,9-10,12H,6-7H2,1H3. The highest BCUT2D eigenvalue weighted by Crippen LogP contribution is 2.40. The second-order valence-corrected chi connectivity index (χ2v) is 4.41. The Balaban J connectivity index is 2.18. The Morgan fingerprint density at radius 3 is 2.50 bits per heavy atom. The van der Waals surface area contributed by atoms with Crippen LogP contribution in [0.4, 0.5) is 0 Å². The van der Waals surface area contributed by atoms with Crippen molar-refractivity contribution in [1.29, 1.82) is 0 Å². The van der Waals surface area contributed by atoms with E-state index < -0.39 is 0 Å². The number of thiol groups is 1. The van der Waals surface area contributed by atoms with Gasteiger partial charge in [-0.05, 0) is 36.8 Å². The summed E-state index contributed by atoms with van der Waals surface area (Å²) in [5.74, 6) is 0.786. The first-order chi connectivity index (χ1) is 5.77. The molecule has 1 aliphatic carbocycles. The summed E-state index contributed by atoms with van der Waals surface area (Å²) in [7, 11) is 0. The average Bonchev–Trinajstić information content (AvgIpc) is 2.01. The molecule has 1 aliphatic rings. The fourth-order valence-corrected chi connectivity index (χ4v) is 2.40. The zero-order valence-corrected chi connectivity index (χ0v) is 8.22. The van der Waals surface area contributed by atoms with Crippen molar-refractivity contribution in [3.05, 3.63) is 35.4 Å². The van der Waals surface area contributed by atoms with Crippen LogP contribution in [0.15, 0.2) is 24.3 Å². The maximum absolute atomic E-state index is 4.43. The lowest BCUT2D eigenvalue weighted by Gasteiger charge is -2.33. The first kappa shape index (κ1) is 8.18. The van der Waals surface area contributed by atoms with Gasteiger partial charge in [0.25, 0.3) is 0 Å². The van der Waals surface area contributed by atoms with E-state index in [2.05, 4.69) is 43.8 Å². The van der Waals surface area contributed by atoms with Gasteiger partial charge in [0.2, 0.25) is 0 Å². The molecule has 64 valence electrons. The Kier molecular flexibility index (Phi) is 2.14. The van der Waals surface area contributed by atoms with E-state index in [1.165, 1.54) is 24.0 Å². The van der Waals surface area contributed by atoms with Crippen LogP contribution in [0, 0.1) is 6.92 Å². The summed E-state index contributed by atoms with van der Waals surface area (Å²) in [6, 6.07) is 8.69. The molecule has 0 bridgehead atoms.